The maximum atomic E-state index is 15.1. The van der Waals surface area contributed by atoms with E-state index in [4.69, 9.17) is 22.7 Å². The van der Waals surface area contributed by atoms with Gasteiger partial charge in [-0.15, -0.1) is 0 Å². The minimum atomic E-state index is -0.958. The van der Waals surface area contributed by atoms with E-state index in [9.17, 15) is 29.1 Å². The average molecular weight is 1220 g/mol. The van der Waals surface area contributed by atoms with Crippen molar-refractivity contribution in [1.29, 1.82) is 0 Å². The van der Waals surface area contributed by atoms with Crippen molar-refractivity contribution in [2.45, 2.75) is 201 Å². The van der Waals surface area contributed by atoms with E-state index < -0.39 is 102 Å². The summed E-state index contributed by atoms with van der Waals surface area (Å²) < 4.78 is 6.72. The monoisotopic (exact) mass is 1220 g/mol. The van der Waals surface area contributed by atoms with Gasteiger partial charge in [0.2, 0.25) is 23.6 Å². The van der Waals surface area contributed by atoms with Crippen LogP contribution >= 0.6 is 35.3 Å². The van der Waals surface area contributed by atoms with Crippen molar-refractivity contribution in [3.63, 3.8) is 0 Å². The van der Waals surface area contributed by atoms with Gasteiger partial charge in [-0.05, 0) is 128 Å². The molecule has 0 saturated carbocycles. The number of para-hydroxylation sites is 1. The molecule has 1 aromatic heterocycles. The number of H-pyrrole nitrogens is 1. The summed E-state index contributed by atoms with van der Waals surface area (Å²) in [4.78, 5) is 85.5. The van der Waals surface area contributed by atoms with E-state index in [0.717, 1.165) is 15.5 Å². The van der Waals surface area contributed by atoms with Crippen LogP contribution in [-0.2, 0) is 39.3 Å². The molecule has 6 unspecified atom stereocenters. The molecule has 0 bridgehead atoms. The smallest absolute Gasteiger partial charge is 0.333 e. The van der Waals surface area contributed by atoms with E-state index in [-0.39, 0.29) is 48.8 Å². The van der Waals surface area contributed by atoms with E-state index in [2.05, 4.69) is 150 Å². The van der Waals surface area contributed by atoms with Crippen molar-refractivity contribution in [2.24, 2.45) is 89.5 Å². The molecule has 2 heterocycles. The van der Waals surface area contributed by atoms with Crippen molar-refractivity contribution < 1.29 is 38.6 Å². The molecule has 1 aliphatic rings. The number of hydrogen-bond donors (Lipinski definition) is 4. The lowest BCUT2D eigenvalue weighted by molar-refractivity contribution is -0.156. The number of nitrogens with zero attached hydrogens (tertiary/aromatic N) is 2. The number of benzene rings is 2. The van der Waals surface area contributed by atoms with Crippen molar-refractivity contribution in [3.05, 3.63) is 81.8 Å². The first-order valence-electron chi connectivity index (χ1n) is 29.8. The van der Waals surface area contributed by atoms with Gasteiger partial charge >= 0.3 is 11.9 Å². The summed E-state index contributed by atoms with van der Waals surface area (Å²) in [7, 11) is 0. The fourth-order valence-electron chi connectivity index (χ4n) is 12.8. The Morgan fingerprint density at radius 1 is 0.714 bits per heavy atom. The number of ether oxygens (including phenoxy) is 1. The number of aromatic amines is 1. The zero-order chi connectivity index (χ0) is 64.5. The summed E-state index contributed by atoms with van der Waals surface area (Å²) in [6, 6.07) is 18.0. The number of rotatable bonds is 28. The number of imide groups is 1. The summed E-state index contributed by atoms with van der Waals surface area (Å²) in [6.45, 7) is 51.5. The average Bonchev–Trinajstić information content (AvgIpc) is 1.72. The Morgan fingerprint density at radius 3 is 1.67 bits per heavy atom. The molecule has 468 valence electrons. The largest absolute Gasteiger partial charge is 0.481 e. The first-order valence-corrected chi connectivity index (χ1v) is 32.1. The van der Waals surface area contributed by atoms with Gasteiger partial charge in [-0.3, -0.25) is 34.0 Å². The van der Waals surface area contributed by atoms with Gasteiger partial charge in [-0.2, -0.15) is 5.10 Å². The van der Waals surface area contributed by atoms with Gasteiger partial charge in [0, 0.05) is 23.2 Å². The normalized spacial score (nSPS) is 17.8. The predicted molar refractivity (Wildman–Crippen MR) is 346 cm³/mol. The number of esters is 1. The van der Waals surface area contributed by atoms with Crippen LogP contribution in [-0.4, -0.2) is 64.0 Å². The van der Waals surface area contributed by atoms with Crippen LogP contribution in [0.3, 0.4) is 0 Å². The molecule has 0 aliphatic carbocycles. The molecule has 1 fully saturated rings. The number of carbonyl (C=O) groups excluding carboxylic acids is 5. The lowest BCUT2D eigenvalue weighted by Gasteiger charge is -2.56. The molecule has 5 N–H and O–H groups in total. The lowest BCUT2D eigenvalue weighted by Crippen LogP contribution is -2.53. The van der Waals surface area contributed by atoms with Crippen LogP contribution in [0.15, 0.2) is 71.1 Å². The third-order valence-electron chi connectivity index (χ3n) is 21.6. The Balaban J connectivity index is 1.78. The van der Waals surface area contributed by atoms with Crippen LogP contribution in [0.2, 0.25) is 0 Å². The predicted octanol–water partition coefficient (Wildman–Crippen LogP) is 15.9. The Bertz CT molecular complexity index is 2920. The highest BCUT2D eigenvalue weighted by atomic mass is 32.2. The lowest BCUT2D eigenvalue weighted by atomic mass is 9.47. The quantitative estimate of drug-likeness (QED) is 0.0135. The number of primary amides is 1. The molecule has 4 amide bonds. The third kappa shape index (κ3) is 15.5. The second kappa shape index (κ2) is 26.0. The Hall–Kier alpha value is -4.67. The number of thioether (sulfide) groups is 1. The maximum absolute atomic E-state index is 15.1. The van der Waals surface area contributed by atoms with Crippen molar-refractivity contribution in [1.82, 2.24) is 15.5 Å². The van der Waals surface area contributed by atoms with Crippen molar-refractivity contribution >= 4 is 76.6 Å². The van der Waals surface area contributed by atoms with E-state index in [1.807, 2.05) is 78.8 Å². The summed E-state index contributed by atoms with van der Waals surface area (Å²) in [5.41, 5.74) is 2.98. The summed E-state index contributed by atoms with van der Waals surface area (Å²) in [5.74, 6) is -5.36. The summed E-state index contributed by atoms with van der Waals surface area (Å²) in [5, 5.41) is 21.5. The zero-order valence-electron chi connectivity index (χ0n) is 55.3. The van der Waals surface area contributed by atoms with Crippen LogP contribution in [0.4, 0.5) is 5.69 Å². The summed E-state index contributed by atoms with van der Waals surface area (Å²) in [6.07, 6.45) is 1.58. The first kappa shape index (κ1) is 71.8. The van der Waals surface area contributed by atoms with Gasteiger partial charge in [-0.1, -0.05) is 224 Å². The summed E-state index contributed by atoms with van der Waals surface area (Å²) >= 11 is 8.36. The van der Waals surface area contributed by atoms with Crippen LogP contribution in [0.25, 0.3) is 0 Å². The minimum Gasteiger partial charge on any atom is -0.481 e. The molecule has 13 nitrogen and oxygen atoms in total. The number of hydrogen-bond acceptors (Lipinski definition) is 11. The van der Waals surface area contributed by atoms with E-state index >= 15 is 4.79 Å². The Morgan fingerprint density at radius 2 is 1.20 bits per heavy atom. The maximum Gasteiger partial charge on any atom is 0.333 e. The third-order valence-corrected chi connectivity index (χ3v) is 23.9. The minimum absolute atomic E-state index is 0.00679. The van der Waals surface area contributed by atoms with Crippen LogP contribution in [0.1, 0.15) is 202 Å². The number of nitrogens with two attached hydrogens (primary N) is 1. The number of anilines is 1. The second-order valence-electron chi connectivity index (χ2n) is 31.3. The highest BCUT2D eigenvalue weighted by molar-refractivity contribution is 8.00. The fraction of sp³-hybridized carbons (Fsp3) is 0.676. The number of aromatic nitrogens is 2. The SMILES string of the molecule is C=C(C)C(=O)OCCNC(=O)C(CC(C)(C)C(C)(C)C(CC(C)(C)C(C)(C)C(CC(C)(C)C(C)(C)C(CC(C)(C)C(C)(C)C1C(=O)N(c2ccccc2)C(=O)C1C(C)(C)C)c1ccc(CSc2n[nH]c(=S)s2)cc1)C(N)=O)C(=O)O)C(C)(C)C. The van der Waals surface area contributed by atoms with Crippen molar-refractivity contribution in [3.8, 4) is 0 Å². The molecule has 6 atom stereocenters. The molecule has 16 heteroatoms. The second-order valence-corrected chi connectivity index (χ2v) is 34.2. The molecule has 84 heavy (non-hydrogen) atoms. The first-order chi connectivity index (χ1) is 38.0. The fourth-order valence-corrected chi connectivity index (χ4v) is 14.8. The zero-order valence-corrected chi connectivity index (χ0v) is 57.8. The number of aliphatic carboxylic acids is 1. The van der Waals surface area contributed by atoms with Gasteiger partial charge < -0.3 is 20.9 Å². The van der Waals surface area contributed by atoms with Gasteiger partial charge in [0.25, 0.3) is 0 Å². The number of amides is 4. The van der Waals surface area contributed by atoms with E-state index in [1.165, 1.54) is 16.2 Å². The molecular weight excluding hydrogens is 1110 g/mol. The molecule has 0 radical (unpaired) electrons. The van der Waals surface area contributed by atoms with Gasteiger partial charge in [0.15, 0.2) is 8.29 Å². The highest BCUT2D eigenvalue weighted by Crippen LogP contribution is 2.64. The number of carboxylic acids is 1. The van der Waals surface area contributed by atoms with Crippen LogP contribution < -0.4 is 16.0 Å². The van der Waals surface area contributed by atoms with Crippen LogP contribution in [0.5, 0.6) is 0 Å². The highest BCUT2D eigenvalue weighted by Gasteiger charge is 2.63. The molecule has 1 saturated heterocycles. The Labute approximate surface area is 518 Å². The van der Waals surface area contributed by atoms with Crippen LogP contribution in [0, 0.1) is 87.7 Å². The van der Waals surface area contributed by atoms with Crippen molar-refractivity contribution in [2.75, 3.05) is 18.1 Å². The number of carbonyl (C=O) groups is 6. The Kier molecular flexibility index (Phi) is 22.2. The topological polar surface area (TPSA) is 202 Å². The van der Waals surface area contributed by atoms with Gasteiger partial charge in [-0.25, -0.2) is 4.79 Å². The molecule has 2 aromatic carbocycles. The molecule has 4 rings (SSSR count). The molecule has 0 spiro atoms. The van der Waals surface area contributed by atoms with E-state index in [1.54, 1.807) is 18.7 Å². The standard InChI is InChI=1S/C68H105N5O8S3/c1-41(2)56(80)81-35-34-70-52(75)47(59(3,4)5)38-62(11,12)67(21,22)48(55(78)79)39-63(13,14)66(19,20)46(51(69)74)37-61(9,10)65(17,18)45(43-32-30-42(31-33-43)40-83-58-72-71-57(82)84-58)36-64(15,16)68(23,24)50-49(60(6,7)8)53(76)73(54(50)77)44-28-26-25-27-29-44/h25-33,45-50H,1,34-40H2,2-24H3,(H2,69,74)(H,70,75)(H,71,82)(H,78,79). The number of nitrogens with one attached hydrogen (secondary N) is 2. The molecule has 1 aliphatic heterocycles. The number of carboxylic acid groups (broad SMARTS) is 1. The molecular formula is C68H105N5O8S3. The van der Waals surface area contributed by atoms with Gasteiger partial charge in [0.05, 0.1) is 30.0 Å². The van der Waals surface area contributed by atoms with E-state index in [0.29, 0.717) is 34.7 Å². The molecule has 3 aromatic rings. The van der Waals surface area contributed by atoms with Gasteiger partial charge in [0.1, 0.15) is 6.61 Å².